The Morgan fingerprint density at radius 2 is 1.69 bits per heavy atom. The summed E-state index contributed by atoms with van der Waals surface area (Å²) < 4.78 is 11.6. The summed E-state index contributed by atoms with van der Waals surface area (Å²) in [6.45, 7) is 3.09. The highest BCUT2D eigenvalue weighted by Crippen LogP contribution is 2.44. The predicted octanol–water partition coefficient (Wildman–Crippen LogP) is 3.21. The van der Waals surface area contributed by atoms with E-state index in [1.807, 2.05) is 0 Å². The van der Waals surface area contributed by atoms with Crippen molar-refractivity contribution in [2.75, 3.05) is 0 Å². The highest BCUT2D eigenvalue weighted by Gasteiger charge is 2.56. The molecule has 0 fully saturated rings. The lowest BCUT2D eigenvalue weighted by Gasteiger charge is -2.24. The summed E-state index contributed by atoms with van der Waals surface area (Å²) in [4.78, 5) is 11.0. The van der Waals surface area contributed by atoms with Crippen molar-refractivity contribution in [2.45, 2.75) is 28.9 Å². The minimum atomic E-state index is -3.10. The van der Waals surface area contributed by atoms with Crippen LogP contribution in [0.1, 0.15) is 13.8 Å². The first-order valence-electron chi connectivity index (χ1n) is 3.24. The lowest BCUT2D eigenvalue weighted by Crippen LogP contribution is -2.42. The fourth-order valence-electron chi connectivity index (χ4n) is 0.404. The molecular formula is C6H7Cl4FO2. The first kappa shape index (κ1) is 13.6. The van der Waals surface area contributed by atoms with E-state index < -0.39 is 21.0 Å². The second-order valence-electron chi connectivity index (χ2n) is 2.53. The molecule has 0 saturated carbocycles. The van der Waals surface area contributed by atoms with Gasteiger partial charge in [-0.15, -0.1) is 0 Å². The van der Waals surface area contributed by atoms with Crippen molar-refractivity contribution in [2.24, 2.45) is 0 Å². The molecule has 0 saturated heterocycles. The molecule has 0 aliphatic heterocycles. The number of ether oxygens (including phenoxy) is 1. The molecule has 0 aromatic heterocycles. The van der Waals surface area contributed by atoms with E-state index in [0.29, 0.717) is 0 Å². The predicted molar refractivity (Wildman–Crippen MR) is 51.2 cm³/mol. The third kappa shape index (κ3) is 3.66. The number of halogens is 5. The van der Waals surface area contributed by atoms with Crippen LogP contribution in [0.2, 0.25) is 0 Å². The van der Waals surface area contributed by atoms with Gasteiger partial charge in [-0.05, 0) is 13.8 Å². The summed E-state index contributed by atoms with van der Waals surface area (Å²) in [6.07, 6.45) is -0.486. The molecule has 7 heteroatoms. The number of esters is 1. The van der Waals surface area contributed by atoms with Crippen LogP contribution in [0, 0.1) is 0 Å². The van der Waals surface area contributed by atoms with E-state index in [2.05, 4.69) is 4.74 Å². The molecule has 0 spiro atoms. The highest BCUT2D eigenvalue weighted by atomic mass is 35.5. The topological polar surface area (TPSA) is 26.3 Å². The molecule has 0 rings (SSSR count). The maximum Gasteiger partial charge on any atom is 0.349 e. The van der Waals surface area contributed by atoms with Crippen molar-refractivity contribution >= 4 is 52.4 Å². The summed E-state index contributed by atoms with van der Waals surface area (Å²) in [5.41, 5.74) is 0. The SMILES string of the molecule is CC(C)OC(=O)C(Cl)(Cl)C(F)(Cl)Cl. The highest BCUT2D eigenvalue weighted by molar-refractivity contribution is 6.67. The number of carbonyl (C=O) groups is 1. The molecule has 2 nitrogen and oxygen atoms in total. The monoisotopic (exact) mass is 270 g/mol. The van der Waals surface area contributed by atoms with Crippen LogP contribution in [0.15, 0.2) is 0 Å². The molecule has 0 bridgehead atoms. The molecule has 0 N–H and O–H groups in total. The normalized spacial score (nSPS) is 13.2. The molecule has 0 aromatic rings. The van der Waals surface area contributed by atoms with Crippen LogP contribution < -0.4 is 0 Å². The van der Waals surface area contributed by atoms with Crippen LogP contribution in [0.5, 0.6) is 0 Å². The molecule has 0 amide bonds. The van der Waals surface area contributed by atoms with Crippen LogP contribution in [-0.2, 0) is 9.53 Å². The first-order chi connectivity index (χ1) is 5.59. The van der Waals surface area contributed by atoms with Gasteiger partial charge in [0.05, 0.1) is 6.10 Å². The fourth-order valence-corrected chi connectivity index (χ4v) is 0.647. The Morgan fingerprint density at radius 1 is 1.31 bits per heavy atom. The Labute approximate surface area is 95.2 Å². The second-order valence-corrected chi connectivity index (χ2v) is 5.09. The lowest BCUT2D eigenvalue weighted by molar-refractivity contribution is -0.149. The van der Waals surface area contributed by atoms with Gasteiger partial charge < -0.3 is 4.74 Å². The summed E-state index contributed by atoms with van der Waals surface area (Å²) in [6, 6.07) is 0. The van der Waals surface area contributed by atoms with Gasteiger partial charge in [0.25, 0.3) is 4.33 Å². The molecule has 0 radical (unpaired) electrons. The Morgan fingerprint density at radius 3 is 1.92 bits per heavy atom. The van der Waals surface area contributed by atoms with E-state index in [-0.39, 0.29) is 0 Å². The second kappa shape index (κ2) is 4.39. The van der Waals surface area contributed by atoms with Gasteiger partial charge in [-0.3, -0.25) is 0 Å². The molecule has 0 unspecified atom stereocenters. The fraction of sp³-hybridized carbons (Fsp3) is 0.833. The van der Waals surface area contributed by atoms with Gasteiger partial charge in [0.2, 0.25) is 0 Å². The third-order valence-corrected chi connectivity index (χ3v) is 2.74. The van der Waals surface area contributed by atoms with Crippen LogP contribution in [0.3, 0.4) is 0 Å². The molecule has 0 aliphatic rings. The minimum Gasteiger partial charge on any atom is -0.461 e. The smallest absolute Gasteiger partial charge is 0.349 e. The number of hydrogen-bond donors (Lipinski definition) is 0. The van der Waals surface area contributed by atoms with E-state index in [1.54, 1.807) is 13.8 Å². The third-order valence-electron chi connectivity index (χ3n) is 0.955. The number of rotatable bonds is 3. The maximum atomic E-state index is 12.8. The molecule has 0 heterocycles. The van der Waals surface area contributed by atoms with Crippen molar-refractivity contribution in [3.05, 3.63) is 0 Å². The van der Waals surface area contributed by atoms with E-state index in [1.165, 1.54) is 0 Å². The van der Waals surface area contributed by atoms with Gasteiger partial charge in [-0.25, -0.2) is 9.18 Å². The molecule has 78 valence electrons. The van der Waals surface area contributed by atoms with Crippen molar-refractivity contribution < 1.29 is 13.9 Å². The lowest BCUT2D eigenvalue weighted by atomic mass is 10.4. The minimum absolute atomic E-state index is 0.486. The largest absolute Gasteiger partial charge is 0.461 e. The summed E-state index contributed by atoms with van der Waals surface area (Å²) in [5, 5.41) is 0. The van der Waals surface area contributed by atoms with Crippen LogP contribution in [-0.4, -0.2) is 21.0 Å². The van der Waals surface area contributed by atoms with Crippen LogP contribution in [0.4, 0.5) is 4.39 Å². The Bertz CT molecular complexity index is 199. The van der Waals surface area contributed by atoms with Crippen molar-refractivity contribution in [3.63, 3.8) is 0 Å². The first-order valence-corrected chi connectivity index (χ1v) is 4.76. The van der Waals surface area contributed by atoms with Crippen LogP contribution >= 0.6 is 46.4 Å². The zero-order valence-corrected chi connectivity index (χ0v) is 9.81. The quantitative estimate of drug-likeness (QED) is 0.582. The average Bonchev–Trinajstić information content (AvgIpc) is 1.82. The van der Waals surface area contributed by atoms with Crippen molar-refractivity contribution in [1.29, 1.82) is 0 Å². The zero-order valence-electron chi connectivity index (χ0n) is 6.78. The van der Waals surface area contributed by atoms with E-state index >= 15 is 0 Å². The van der Waals surface area contributed by atoms with Gasteiger partial charge in [0.1, 0.15) is 0 Å². The summed E-state index contributed by atoms with van der Waals surface area (Å²) in [7, 11) is 0. The summed E-state index contributed by atoms with van der Waals surface area (Å²) >= 11 is 20.4. The Kier molecular flexibility index (Phi) is 4.58. The Balaban J connectivity index is 4.56. The van der Waals surface area contributed by atoms with Gasteiger partial charge in [-0.2, -0.15) is 0 Å². The number of alkyl halides is 5. The average molecular weight is 272 g/mol. The maximum absolute atomic E-state index is 12.8. The standard InChI is InChI=1S/C6H7Cl4FO2/c1-3(2)13-4(12)5(7,8)6(9,10)11/h3H,1-2H3. The van der Waals surface area contributed by atoms with Gasteiger partial charge in [0.15, 0.2) is 0 Å². The number of carbonyl (C=O) groups excluding carboxylic acids is 1. The number of hydrogen-bond acceptors (Lipinski definition) is 2. The van der Waals surface area contributed by atoms with Crippen molar-refractivity contribution in [3.8, 4) is 0 Å². The Hall–Kier alpha value is 0.560. The van der Waals surface area contributed by atoms with Crippen molar-refractivity contribution in [1.82, 2.24) is 0 Å². The van der Waals surface area contributed by atoms with Gasteiger partial charge in [0, 0.05) is 0 Å². The summed E-state index contributed by atoms with van der Waals surface area (Å²) in [5.74, 6) is -1.22. The van der Waals surface area contributed by atoms with Gasteiger partial charge in [-0.1, -0.05) is 46.4 Å². The van der Waals surface area contributed by atoms with Gasteiger partial charge >= 0.3 is 10.6 Å². The zero-order chi connectivity index (χ0) is 10.9. The van der Waals surface area contributed by atoms with E-state index in [4.69, 9.17) is 46.4 Å². The van der Waals surface area contributed by atoms with E-state index in [9.17, 15) is 9.18 Å². The molecule has 0 atom stereocenters. The molecule has 0 aliphatic carbocycles. The molecule has 13 heavy (non-hydrogen) atoms. The molecule has 0 aromatic carbocycles. The van der Waals surface area contributed by atoms with E-state index in [0.717, 1.165) is 0 Å². The molecular weight excluding hydrogens is 265 g/mol. The van der Waals surface area contributed by atoms with Crippen LogP contribution in [0.25, 0.3) is 0 Å².